The first kappa shape index (κ1) is 15.5. The molecule has 2 heterocycles. The number of carboxylic acids is 1. The predicted octanol–water partition coefficient (Wildman–Crippen LogP) is 0.753. The van der Waals surface area contributed by atoms with Gasteiger partial charge in [-0.25, -0.2) is 4.79 Å². The highest BCUT2D eigenvalue weighted by Gasteiger charge is 2.32. The average Bonchev–Trinajstić information content (AvgIpc) is 3.12. The van der Waals surface area contributed by atoms with E-state index in [1.54, 1.807) is 48.0 Å². The summed E-state index contributed by atoms with van der Waals surface area (Å²) in [5, 5.41) is 13.4. The molecule has 7 nitrogen and oxygen atoms in total. The van der Waals surface area contributed by atoms with Gasteiger partial charge in [0, 0.05) is 24.1 Å². The number of hydrogen-bond donors (Lipinski definition) is 1. The zero-order valence-corrected chi connectivity index (χ0v) is 12.9. The lowest BCUT2D eigenvalue weighted by Gasteiger charge is -2.09. The van der Waals surface area contributed by atoms with Gasteiger partial charge in [0.2, 0.25) is 0 Å². The lowest BCUT2D eigenvalue weighted by atomic mass is 10.2. The molecule has 0 saturated carbocycles. The summed E-state index contributed by atoms with van der Waals surface area (Å²) >= 11 is 0. The number of rotatable bonds is 4. The number of aromatic carboxylic acids is 1. The van der Waals surface area contributed by atoms with Crippen molar-refractivity contribution in [1.29, 1.82) is 0 Å². The van der Waals surface area contributed by atoms with Crippen molar-refractivity contribution >= 4 is 24.0 Å². The van der Waals surface area contributed by atoms with Crippen LogP contribution in [0.1, 0.15) is 23.0 Å². The molecule has 0 atom stereocenters. The van der Waals surface area contributed by atoms with Gasteiger partial charge in [-0.2, -0.15) is 0 Å². The first-order valence-corrected chi connectivity index (χ1v) is 7.35. The molecule has 1 aromatic carbocycles. The molecule has 3 amide bonds. The van der Waals surface area contributed by atoms with Crippen molar-refractivity contribution in [2.24, 2.45) is 0 Å². The van der Waals surface area contributed by atoms with E-state index in [1.165, 1.54) is 12.1 Å². The summed E-state index contributed by atoms with van der Waals surface area (Å²) in [5.41, 5.74) is 1.69. The van der Waals surface area contributed by atoms with Gasteiger partial charge in [-0.1, -0.05) is 12.1 Å². The van der Waals surface area contributed by atoms with Crippen molar-refractivity contribution in [3.8, 4) is 5.69 Å². The Morgan fingerprint density at radius 3 is 2.50 bits per heavy atom. The monoisotopic (exact) mass is 324 g/mol. The van der Waals surface area contributed by atoms with E-state index in [0.29, 0.717) is 12.2 Å². The van der Waals surface area contributed by atoms with E-state index in [1.807, 2.05) is 0 Å². The highest BCUT2D eigenvalue weighted by atomic mass is 16.4. The van der Waals surface area contributed by atoms with Crippen molar-refractivity contribution in [2.45, 2.75) is 6.92 Å². The molecule has 3 rings (SSSR count). The fraction of sp³-hybridized carbons (Fsp3) is 0.118. The average molecular weight is 324 g/mol. The van der Waals surface area contributed by atoms with E-state index in [4.69, 9.17) is 0 Å². The molecule has 0 spiro atoms. The second-order valence-corrected chi connectivity index (χ2v) is 5.17. The van der Waals surface area contributed by atoms with Gasteiger partial charge in [0.05, 0.1) is 5.97 Å². The number of urea groups is 1. The molecule has 1 saturated heterocycles. The van der Waals surface area contributed by atoms with Crippen molar-refractivity contribution in [3.05, 3.63) is 59.5 Å². The summed E-state index contributed by atoms with van der Waals surface area (Å²) in [6, 6.07) is 9.31. The largest absolute Gasteiger partial charge is 0.545 e. The summed E-state index contributed by atoms with van der Waals surface area (Å²) in [6.07, 6.45) is 3.36. The van der Waals surface area contributed by atoms with Crippen LogP contribution in [-0.4, -0.2) is 33.9 Å². The number of carboxylic acid groups (broad SMARTS) is 1. The molecule has 1 aliphatic heterocycles. The van der Waals surface area contributed by atoms with Gasteiger partial charge in [0.15, 0.2) is 0 Å². The number of carbonyl (C=O) groups is 3. The van der Waals surface area contributed by atoms with Gasteiger partial charge in [0.1, 0.15) is 5.70 Å². The van der Waals surface area contributed by atoms with Crippen LogP contribution in [0.5, 0.6) is 0 Å². The van der Waals surface area contributed by atoms with Gasteiger partial charge in [-0.3, -0.25) is 9.69 Å². The zero-order chi connectivity index (χ0) is 17.3. The topological polar surface area (TPSA) is 94.5 Å². The Morgan fingerprint density at radius 2 is 1.92 bits per heavy atom. The molecule has 1 aliphatic rings. The molecule has 1 fully saturated rings. The highest BCUT2D eigenvalue weighted by molar-refractivity contribution is 6.13. The van der Waals surface area contributed by atoms with Crippen LogP contribution in [0.15, 0.2) is 48.3 Å². The number of nitrogens with one attached hydrogen (secondary N) is 1. The van der Waals surface area contributed by atoms with Crippen molar-refractivity contribution < 1.29 is 19.5 Å². The second-order valence-electron chi connectivity index (χ2n) is 5.17. The summed E-state index contributed by atoms with van der Waals surface area (Å²) in [4.78, 5) is 35.8. The van der Waals surface area contributed by atoms with Crippen molar-refractivity contribution in [2.75, 3.05) is 6.54 Å². The van der Waals surface area contributed by atoms with Gasteiger partial charge >= 0.3 is 6.03 Å². The van der Waals surface area contributed by atoms with Gasteiger partial charge in [0.25, 0.3) is 5.91 Å². The number of nitrogens with zero attached hydrogens (tertiary/aromatic N) is 2. The minimum atomic E-state index is -1.24. The van der Waals surface area contributed by atoms with Crippen LogP contribution in [0.4, 0.5) is 4.79 Å². The quantitative estimate of drug-likeness (QED) is 0.663. The lowest BCUT2D eigenvalue weighted by Crippen LogP contribution is -2.30. The minimum absolute atomic E-state index is 0.0858. The number of hydrogen-bond acceptors (Lipinski definition) is 4. The van der Waals surface area contributed by atoms with Crippen LogP contribution in [-0.2, 0) is 4.79 Å². The van der Waals surface area contributed by atoms with Crippen molar-refractivity contribution in [3.63, 3.8) is 0 Å². The smallest absolute Gasteiger partial charge is 0.328 e. The molecular formula is C17H14N3O4-. The molecule has 1 N–H and O–H groups in total. The lowest BCUT2D eigenvalue weighted by molar-refractivity contribution is -0.255. The van der Waals surface area contributed by atoms with Gasteiger partial charge in [-0.05, 0) is 42.8 Å². The molecule has 0 radical (unpaired) electrons. The molecular weight excluding hydrogens is 310 g/mol. The number of aromatic nitrogens is 1. The van der Waals surface area contributed by atoms with Gasteiger partial charge < -0.3 is 19.8 Å². The summed E-state index contributed by atoms with van der Waals surface area (Å²) in [5.74, 6) is -1.61. The number of amides is 3. The zero-order valence-electron chi connectivity index (χ0n) is 12.9. The number of benzene rings is 1. The SMILES string of the molecule is CCN1C(=O)NC(=Cc2cccn2-c2ccc(C(=O)[O-])cc2)C1=O. The van der Waals surface area contributed by atoms with Crippen LogP contribution in [0.2, 0.25) is 0 Å². The number of likely N-dealkylation sites (N-methyl/N-ethyl adjacent to an activating group) is 1. The van der Waals surface area contributed by atoms with Crippen LogP contribution >= 0.6 is 0 Å². The van der Waals surface area contributed by atoms with Crippen LogP contribution in [0.25, 0.3) is 11.8 Å². The van der Waals surface area contributed by atoms with E-state index in [0.717, 1.165) is 10.6 Å². The highest BCUT2D eigenvalue weighted by Crippen LogP contribution is 2.18. The van der Waals surface area contributed by atoms with Crippen LogP contribution in [0.3, 0.4) is 0 Å². The number of imide groups is 1. The Balaban J connectivity index is 1.94. The van der Waals surface area contributed by atoms with E-state index < -0.39 is 12.0 Å². The maximum Gasteiger partial charge on any atom is 0.328 e. The normalized spacial score (nSPS) is 15.9. The summed E-state index contributed by atoms with van der Waals surface area (Å²) in [7, 11) is 0. The third-order valence-electron chi connectivity index (χ3n) is 3.73. The first-order valence-electron chi connectivity index (χ1n) is 7.35. The molecule has 24 heavy (non-hydrogen) atoms. The Labute approximate surface area is 137 Å². The minimum Gasteiger partial charge on any atom is -0.545 e. The molecule has 7 heteroatoms. The third kappa shape index (κ3) is 2.67. The summed E-state index contributed by atoms with van der Waals surface area (Å²) in [6.45, 7) is 2.02. The first-order chi connectivity index (χ1) is 11.5. The summed E-state index contributed by atoms with van der Waals surface area (Å²) < 4.78 is 1.78. The van der Waals surface area contributed by atoms with E-state index in [2.05, 4.69) is 5.32 Å². The third-order valence-corrected chi connectivity index (χ3v) is 3.73. The Kier molecular flexibility index (Phi) is 3.91. The Morgan fingerprint density at radius 1 is 1.21 bits per heavy atom. The molecule has 1 aromatic heterocycles. The maximum atomic E-state index is 12.1. The molecule has 0 bridgehead atoms. The maximum absolute atomic E-state index is 12.1. The van der Waals surface area contributed by atoms with E-state index in [9.17, 15) is 19.5 Å². The van der Waals surface area contributed by atoms with Crippen molar-refractivity contribution in [1.82, 2.24) is 14.8 Å². The van der Waals surface area contributed by atoms with E-state index in [-0.39, 0.29) is 17.2 Å². The molecule has 0 unspecified atom stereocenters. The van der Waals surface area contributed by atoms with Crippen LogP contribution < -0.4 is 10.4 Å². The molecule has 0 aliphatic carbocycles. The Hall–Kier alpha value is -3.35. The molecule has 122 valence electrons. The Bertz CT molecular complexity index is 849. The predicted molar refractivity (Wildman–Crippen MR) is 84.0 cm³/mol. The number of carbonyl (C=O) groups excluding carboxylic acids is 3. The standard InChI is InChI=1S/C17H15N3O4/c1-2-19-15(21)14(18-17(19)24)10-13-4-3-9-20(13)12-7-5-11(6-8-12)16(22)23/h3-10H,2H2,1H3,(H,18,24)(H,22,23)/p-1. The van der Waals surface area contributed by atoms with E-state index >= 15 is 0 Å². The van der Waals surface area contributed by atoms with Crippen LogP contribution in [0, 0.1) is 0 Å². The van der Waals surface area contributed by atoms with Gasteiger partial charge in [-0.15, -0.1) is 0 Å². The fourth-order valence-corrected chi connectivity index (χ4v) is 2.51. The fourth-order valence-electron chi connectivity index (χ4n) is 2.51. The molecule has 2 aromatic rings. The second kappa shape index (κ2) is 6.04.